The predicted octanol–water partition coefficient (Wildman–Crippen LogP) is 5.69. The molecule has 3 aromatic carbocycles. The van der Waals surface area contributed by atoms with E-state index in [1.54, 1.807) is 7.11 Å². The third-order valence-electron chi connectivity index (χ3n) is 5.15. The third-order valence-corrected chi connectivity index (χ3v) is 5.15. The lowest BCUT2D eigenvalue weighted by Crippen LogP contribution is -2.03. The molecule has 0 saturated heterocycles. The molecule has 0 aromatic heterocycles. The monoisotopic (exact) mass is 346 g/mol. The Morgan fingerprint density at radius 3 is 2.58 bits per heavy atom. The molecule has 132 valence electrons. The van der Waals surface area contributed by atoms with Gasteiger partial charge in [0.2, 0.25) is 0 Å². The molecule has 0 aliphatic heterocycles. The Hall–Kier alpha value is -2.81. The van der Waals surface area contributed by atoms with Crippen molar-refractivity contribution in [2.75, 3.05) is 7.11 Å². The molecule has 0 saturated carbocycles. The second kappa shape index (κ2) is 6.49. The zero-order valence-electron chi connectivity index (χ0n) is 15.3. The Morgan fingerprint density at radius 1 is 1.04 bits per heavy atom. The van der Waals surface area contributed by atoms with E-state index in [1.165, 1.54) is 23.6 Å². The topological polar surface area (TPSA) is 35.5 Å². The van der Waals surface area contributed by atoms with Gasteiger partial charge in [-0.1, -0.05) is 37.6 Å². The molecule has 1 aliphatic carbocycles. The summed E-state index contributed by atoms with van der Waals surface area (Å²) >= 11 is 0. The van der Waals surface area contributed by atoms with Gasteiger partial charge in [-0.25, -0.2) is 0 Å². The van der Waals surface area contributed by atoms with Crippen molar-refractivity contribution in [1.29, 1.82) is 0 Å². The zero-order chi connectivity index (χ0) is 18.3. The van der Waals surface area contributed by atoms with Crippen molar-refractivity contribution in [3.05, 3.63) is 59.7 Å². The summed E-state index contributed by atoms with van der Waals surface area (Å²) in [6.07, 6.45) is 2.19. The van der Waals surface area contributed by atoms with Crippen molar-refractivity contribution >= 4 is 16.7 Å². The minimum absolute atomic E-state index is 0.307. The summed E-state index contributed by atoms with van der Waals surface area (Å²) in [5.41, 5.74) is 5.07. The Balaban J connectivity index is 2.07. The molecule has 0 bridgehead atoms. The molecular formula is C23H22O3. The number of ether oxygens (including phenoxy) is 2. The molecule has 0 N–H and O–H groups in total. The van der Waals surface area contributed by atoms with Crippen molar-refractivity contribution < 1.29 is 14.3 Å². The molecule has 0 heterocycles. The van der Waals surface area contributed by atoms with Crippen molar-refractivity contribution in [2.24, 2.45) is 0 Å². The van der Waals surface area contributed by atoms with Gasteiger partial charge in [-0.05, 0) is 58.3 Å². The van der Waals surface area contributed by atoms with Gasteiger partial charge >= 0.3 is 5.97 Å². The Labute approximate surface area is 153 Å². The van der Waals surface area contributed by atoms with Gasteiger partial charge < -0.3 is 9.47 Å². The van der Waals surface area contributed by atoms with E-state index in [9.17, 15) is 4.79 Å². The van der Waals surface area contributed by atoms with Crippen LogP contribution < -0.4 is 9.47 Å². The largest absolute Gasteiger partial charge is 0.497 e. The molecule has 1 atom stereocenters. The molecule has 1 unspecified atom stereocenters. The fourth-order valence-corrected chi connectivity index (χ4v) is 4.15. The van der Waals surface area contributed by atoms with Crippen LogP contribution in [0.15, 0.2) is 48.5 Å². The number of benzene rings is 3. The van der Waals surface area contributed by atoms with Crippen LogP contribution in [0.2, 0.25) is 0 Å². The highest BCUT2D eigenvalue weighted by Gasteiger charge is 2.31. The van der Waals surface area contributed by atoms with Gasteiger partial charge in [0.25, 0.3) is 0 Å². The van der Waals surface area contributed by atoms with Crippen LogP contribution in [0.4, 0.5) is 0 Å². The smallest absolute Gasteiger partial charge is 0.308 e. The van der Waals surface area contributed by atoms with Crippen LogP contribution in [0.25, 0.3) is 21.9 Å². The van der Waals surface area contributed by atoms with E-state index < -0.39 is 0 Å². The van der Waals surface area contributed by atoms with Gasteiger partial charge in [0.15, 0.2) is 0 Å². The van der Waals surface area contributed by atoms with Crippen molar-refractivity contribution in [2.45, 2.75) is 32.6 Å². The third kappa shape index (κ3) is 2.55. The molecular weight excluding hydrogens is 324 g/mol. The summed E-state index contributed by atoms with van der Waals surface area (Å²) in [5.74, 6) is 1.47. The quantitative estimate of drug-likeness (QED) is 0.450. The Morgan fingerprint density at radius 2 is 1.85 bits per heavy atom. The van der Waals surface area contributed by atoms with E-state index in [4.69, 9.17) is 9.47 Å². The molecule has 0 radical (unpaired) electrons. The van der Waals surface area contributed by atoms with Gasteiger partial charge in [-0.15, -0.1) is 0 Å². The Bertz CT molecular complexity index is 1000. The van der Waals surface area contributed by atoms with Gasteiger partial charge in [0, 0.05) is 18.2 Å². The summed E-state index contributed by atoms with van der Waals surface area (Å²) < 4.78 is 11.0. The molecule has 26 heavy (non-hydrogen) atoms. The first-order chi connectivity index (χ1) is 12.6. The number of fused-ring (bicyclic) bond motifs is 5. The first-order valence-electron chi connectivity index (χ1n) is 9.06. The number of carbonyl (C=O) groups excluding carboxylic acids is 1. The summed E-state index contributed by atoms with van der Waals surface area (Å²) in [4.78, 5) is 11.6. The van der Waals surface area contributed by atoms with Crippen LogP contribution in [0.1, 0.15) is 43.7 Å². The van der Waals surface area contributed by atoms with Crippen LogP contribution >= 0.6 is 0 Å². The first kappa shape index (κ1) is 16.6. The summed E-state index contributed by atoms with van der Waals surface area (Å²) in [6, 6.07) is 16.5. The van der Waals surface area contributed by atoms with E-state index in [0.717, 1.165) is 34.9 Å². The first-order valence-corrected chi connectivity index (χ1v) is 9.06. The van der Waals surface area contributed by atoms with Crippen LogP contribution in [0.3, 0.4) is 0 Å². The summed E-state index contributed by atoms with van der Waals surface area (Å²) in [7, 11) is 1.68. The number of methoxy groups -OCH3 is 1. The molecule has 4 rings (SSSR count). The fraction of sp³-hybridized carbons (Fsp3) is 0.261. The highest BCUT2D eigenvalue weighted by atomic mass is 16.5. The van der Waals surface area contributed by atoms with E-state index in [0.29, 0.717) is 11.7 Å². The fourth-order valence-electron chi connectivity index (χ4n) is 4.15. The maximum atomic E-state index is 11.6. The van der Waals surface area contributed by atoms with Gasteiger partial charge in [-0.3, -0.25) is 4.79 Å². The lowest BCUT2D eigenvalue weighted by molar-refractivity contribution is -0.131. The maximum Gasteiger partial charge on any atom is 0.308 e. The minimum atomic E-state index is -0.307. The van der Waals surface area contributed by atoms with Crippen LogP contribution in [-0.4, -0.2) is 13.1 Å². The maximum absolute atomic E-state index is 11.6. The zero-order valence-corrected chi connectivity index (χ0v) is 15.3. The normalized spacial score (nSPS) is 14.8. The lowest BCUT2D eigenvalue weighted by Gasteiger charge is -2.17. The number of hydrogen-bond donors (Lipinski definition) is 0. The average molecular weight is 346 g/mol. The molecule has 0 fully saturated rings. The van der Waals surface area contributed by atoms with Crippen LogP contribution in [0, 0.1) is 0 Å². The summed E-state index contributed by atoms with van der Waals surface area (Å²) in [5, 5.41) is 2.06. The SMILES string of the molecule is CCCC1c2ccccc2-c2cc(OC(C)=O)c3ccc(OC)cc3c21. The van der Waals surface area contributed by atoms with Gasteiger partial charge in [0.05, 0.1) is 7.11 Å². The molecule has 3 heteroatoms. The highest BCUT2D eigenvalue weighted by Crippen LogP contribution is 2.52. The number of esters is 1. The van der Waals surface area contributed by atoms with Gasteiger partial charge in [0.1, 0.15) is 11.5 Å². The second-order valence-electron chi connectivity index (χ2n) is 6.77. The van der Waals surface area contributed by atoms with Gasteiger partial charge in [-0.2, -0.15) is 0 Å². The standard InChI is InChI=1S/C23H22O3/c1-4-7-19-16-8-5-6-9-17(16)21-13-22(26-14(2)24)18-11-10-15(25-3)12-20(18)23(19)21/h5-6,8-13,19H,4,7H2,1-3H3. The number of hydrogen-bond acceptors (Lipinski definition) is 3. The van der Waals surface area contributed by atoms with E-state index in [2.05, 4.69) is 37.3 Å². The predicted molar refractivity (Wildman–Crippen MR) is 104 cm³/mol. The molecule has 1 aliphatic rings. The van der Waals surface area contributed by atoms with E-state index in [-0.39, 0.29) is 5.97 Å². The number of rotatable bonds is 4. The highest BCUT2D eigenvalue weighted by molar-refractivity contribution is 6.01. The summed E-state index contributed by atoms with van der Waals surface area (Å²) in [6.45, 7) is 3.66. The minimum Gasteiger partial charge on any atom is -0.497 e. The number of carbonyl (C=O) groups is 1. The molecule has 0 amide bonds. The van der Waals surface area contributed by atoms with Crippen LogP contribution in [0.5, 0.6) is 11.5 Å². The van der Waals surface area contributed by atoms with Crippen molar-refractivity contribution in [3.8, 4) is 22.6 Å². The van der Waals surface area contributed by atoms with Crippen molar-refractivity contribution in [1.82, 2.24) is 0 Å². The lowest BCUT2D eigenvalue weighted by atomic mass is 9.89. The second-order valence-corrected chi connectivity index (χ2v) is 6.77. The molecule has 0 spiro atoms. The van der Waals surface area contributed by atoms with E-state index in [1.807, 2.05) is 18.2 Å². The van der Waals surface area contributed by atoms with Crippen molar-refractivity contribution in [3.63, 3.8) is 0 Å². The van der Waals surface area contributed by atoms with Crippen LogP contribution in [-0.2, 0) is 4.79 Å². The molecule has 3 aromatic rings. The Kier molecular flexibility index (Phi) is 4.15. The molecule has 3 nitrogen and oxygen atoms in total. The average Bonchev–Trinajstić information content (AvgIpc) is 2.95. The van der Waals surface area contributed by atoms with E-state index >= 15 is 0 Å².